The number of aliphatic hydroxyl groups excluding tert-OH is 1. The first kappa shape index (κ1) is 31.8. The van der Waals surface area contributed by atoms with E-state index in [1.165, 1.54) is 18.9 Å². The van der Waals surface area contributed by atoms with E-state index in [0.717, 1.165) is 17.5 Å². The first-order valence-electron chi connectivity index (χ1n) is 14.3. The molecule has 0 aromatic heterocycles. The van der Waals surface area contributed by atoms with Gasteiger partial charge in [-0.15, -0.1) is 0 Å². The molecule has 0 fully saturated rings. The third-order valence-corrected chi connectivity index (χ3v) is 7.71. The molecular formula is C32H44N4O5. The first-order valence-corrected chi connectivity index (χ1v) is 14.3. The molecule has 2 aromatic rings. The SMILES string of the molecule is CCC(C)[C@@H]1NCCOc2ccccc2C=CCNC(=O)[C@@H](C(C)c2ccccc2)NC(=O)[C@H](C(C)O)N(C)C1=O. The molecule has 9 nitrogen and oxygen atoms in total. The Morgan fingerprint density at radius 2 is 1.66 bits per heavy atom. The summed E-state index contributed by atoms with van der Waals surface area (Å²) in [5.41, 5.74) is 1.73. The van der Waals surface area contributed by atoms with E-state index in [2.05, 4.69) is 16.0 Å². The fourth-order valence-corrected chi connectivity index (χ4v) is 5.03. The minimum Gasteiger partial charge on any atom is -0.492 e. The van der Waals surface area contributed by atoms with Crippen molar-refractivity contribution in [2.45, 2.75) is 64.3 Å². The number of hydrogen-bond donors (Lipinski definition) is 4. The molecule has 1 heterocycles. The monoisotopic (exact) mass is 564 g/mol. The molecule has 0 spiro atoms. The summed E-state index contributed by atoms with van der Waals surface area (Å²) >= 11 is 0. The quantitative estimate of drug-likeness (QED) is 0.443. The normalized spacial score (nSPS) is 23.6. The van der Waals surface area contributed by atoms with Crippen molar-refractivity contribution >= 4 is 23.8 Å². The van der Waals surface area contributed by atoms with Crippen molar-refractivity contribution in [2.24, 2.45) is 5.92 Å². The summed E-state index contributed by atoms with van der Waals surface area (Å²) in [6, 6.07) is 14.3. The van der Waals surface area contributed by atoms with Crippen LogP contribution in [0, 0.1) is 5.92 Å². The number of carbonyl (C=O) groups is 3. The van der Waals surface area contributed by atoms with Crippen LogP contribution >= 0.6 is 0 Å². The molecule has 9 heteroatoms. The maximum absolute atomic E-state index is 13.7. The molecule has 4 N–H and O–H groups in total. The van der Waals surface area contributed by atoms with Crippen LogP contribution in [0.2, 0.25) is 0 Å². The van der Waals surface area contributed by atoms with Gasteiger partial charge in [0.2, 0.25) is 17.7 Å². The van der Waals surface area contributed by atoms with Crippen LogP contribution in [0.15, 0.2) is 60.7 Å². The van der Waals surface area contributed by atoms with Gasteiger partial charge in [0, 0.05) is 31.6 Å². The summed E-state index contributed by atoms with van der Waals surface area (Å²) in [6.07, 6.45) is 3.27. The van der Waals surface area contributed by atoms with Crippen molar-refractivity contribution in [3.8, 4) is 5.75 Å². The van der Waals surface area contributed by atoms with Crippen molar-refractivity contribution in [3.63, 3.8) is 0 Å². The summed E-state index contributed by atoms with van der Waals surface area (Å²) in [5, 5.41) is 19.7. The Morgan fingerprint density at radius 1 is 0.976 bits per heavy atom. The van der Waals surface area contributed by atoms with Crippen molar-refractivity contribution in [1.29, 1.82) is 0 Å². The number of amides is 3. The smallest absolute Gasteiger partial charge is 0.246 e. The summed E-state index contributed by atoms with van der Waals surface area (Å²) in [4.78, 5) is 42.2. The average Bonchev–Trinajstić information content (AvgIpc) is 2.97. The fourth-order valence-electron chi connectivity index (χ4n) is 5.03. The second-order valence-corrected chi connectivity index (χ2v) is 10.7. The van der Waals surface area contributed by atoms with Gasteiger partial charge in [0.25, 0.3) is 0 Å². The topological polar surface area (TPSA) is 120 Å². The Hall–Kier alpha value is -3.69. The van der Waals surface area contributed by atoms with Crippen molar-refractivity contribution in [1.82, 2.24) is 20.9 Å². The van der Waals surface area contributed by atoms with Crippen LogP contribution in [0.1, 0.15) is 51.2 Å². The van der Waals surface area contributed by atoms with E-state index in [-0.39, 0.29) is 30.2 Å². The summed E-state index contributed by atoms with van der Waals surface area (Å²) in [5.74, 6) is -1.02. The zero-order chi connectivity index (χ0) is 29.9. The van der Waals surface area contributed by atoms with Gasteiger partial charge in [-0.2, -0.15) is 0 Å². The van der Waals surface area contributed by atoms with Gasteiger partial charge >= 0.3 is 0 Å². The third kappa shape index (κ3) is 8.41. The largest absolute Gasteiger partial charge is 0.492 e. The predicted molar refractivity (Wildman–Crippen MR) is 160 cm³/mol. The molecular weight excluding hydrogens is 520 g/mol. The fraction of sp³-hybridized carbons (Fsp3) is 0.469. The Kier molecular flexibility index (Phi) is 11.9. The van der Waals surface area contributed by atoms with Gasteiger partial charge in [0.15, 0.2) is 0 Å². The molecule has 0 saturated carbocycles. The highest BCUT2D eigenvalue weighted by Gasteiger charge is 2.38. The van der Waals surface area contributed by atoms with Gasteiger partial charge in [0.05, 0.1) is 12.1 Å². The van der Waals surface area contributed by atoms with E-state index < -0.39 is 30.1 Å². The number of para-hydroxylation sites is 1. The van der Waals surface area contributed by atoms with E-state index in [9.17, 15) is 19.5 Å². The molecule has 222 valence electrons. The minimum absolute atomic E-state index is 0.0416. The highest BCUT2D eigenvalue weighted by atomic mass is 16.5. The molecule has 1 aliphatic rings. The van der Waals surface area contributed by atoms with Crippen LogP contribution in [0.4, 0.5) is 0 Å². The van der Waals surface area contributed by atoms with E-state index in [1.807, 2.05) is 87.5 Å². The summed E-state index contributed by atoms with van der Waals surface area (Å²) < 4.78 is 6.02. The van der Waals surface area contributed by atoms with E-state index >= 15 is 0 Å². The maximum atomic E-state index is 13.7. The lowest BCUT2D eigenvalue weighted by molar-refractivity contribution is -0.146. The van der Waals surface area contributed by atoms with Crippen LogP contribution in [0.3, 0.4) is 0 Å². The number of hydrogen-bond acceptors (Lipinski definition) is 6. The van der Waals surface area contributed by atoms with Crippen LogP contribution in [0.5, 0.6) is 5.75 Å². The Labute approximate surface area is 243 Å². The number of aliphatic hydroxyl groups is 1. The summed E-state index contributed by atoms with van der Waals surface area (Å²) in [6.45, 7) is 8.27. The van der Waals surface area contributed by atoms with Crippen molar-refractivity contribution in [3.05, 3.63) is 71.8 Å². The van der Waals surface area contributed by atoms with Gasteiger partial charge in [-0.3, -0.25) is 14.4 Å². The minimum atomic E-state index is -1.20. The number of carbonyl (C=O) groups excluding carboxylic acids is 3. The van der Waals surface area contributed by atoms with Gasteiger partial charge in [-0.25, -0.2) is 0 Å². The Bertz CT molecular complexity index is 1190. The van der Waals surface area contributed by atoms with Crippen molar-refractivity contribution in [2.75, 3.05) is 26.7 Å². The number of likely N-dealkylation sites (N-methyl/N-ethyl adjacent to an activating group) is 1. The van der Waals surface area contributed by atoms with Crippen LogP contribution < -0.4 is 20.7 Å². The first-order chi connectivity index (χ1) is 19.6. The molecule has 0 saturated heterocycles. The Balaban J connectivity index is 1.99. The molecule has 2 aromatic carbocycles. The van der Waals surface area contributed by atoms with Crippen LogP contribution in [-0.2, 0) is 14.4 Å². The molecule has 3 unspecified atom stereocenters. The lowest BCUT2D eigenvalue weighted by atomic mass is 9.92. The van der Waals surface area contributed by atoms with Gasteiger partial charge in [-0.05, 0) is 24.5 Å². The van der Waals surface area contributed by atoms with E-state index in [0.29, 0.717) is 18.9 Å². The number of benzene rings is 2. The molecule has 3 rings (SSSR count). The Morgan fingerprint density at radius 3 is 2.34 bits per heavy atom. The third-order valence-electron chi connectivity index (χ3n) is 7.71. The zero-order valence-electron chi connectivity index (χ0n) is 24.7. The lowest BCUT2D eigenvalue weighted by Crippen LogP contribution is -2.61. The lowest BCUT2D eigenvalue weighted by Gasteiger charge is -2.35. The number of nitrogens with zero attached hydrogens (tertiary/aromatic N) is 1. The van der Waals surface area contributed by atoms with Gasteiger partial charge in [-0.1, -0.05) is 87.9 Å². The van der Waals surface area contributed by atoms with Crippen LogP contribution in [0.25, 0.3) is 6.08 Å². The predicted octanol–water partition coefficient (Wildman–Crippen LogP) is 2.71. The molecule has 6 atom stereocenters. The van der Waals surface area contributed by atoms with Crippen LogP contribution in [-0.4, -0.2) is 78.7 Å². The average molecular weight is 565 g/mol. The van der Waals surface area contributed by atoms with E-state index in [4.69, 9.17) is 4.74 Å². The standard InChI is InChI=1S/C32H44N4O5/c1-6-21(2)27-32(40)36(5)29(23(4)37)31(39)35-28(22(3)24-13-8-7-9-14-24)30(38)34-18-12-16-25-15-10-11-17-26(25)41-20-19-33-27/h7-17,21-23,27-29,33,37H,6,18-20H2,1-5H3,(H,34,38)(H,35,39)/t21?,22?,23?,27-,28+,29-/m0/s1. The highest BCUT2D eigenvalue weighted by molar-refractivity contribution is 5.94. The second-order valence-electron chi connectivity index (χ2n) is 10.7. The molecule has 0 aliphatic carbocycles. The maximum Gasteiger partial charge on any atom is 0.246 e. The molecule has 1 aliphatic heterocycles. The molecule has 3 amide bonds. The number of nitrogens with one attached hydrogen (secondary N) is 3. The second kappa shape index (κ2) is 15.3. The number of ether oxygens (including phenoxy) is 1. The zero-order valence-corrected chi connectivity index (χ0v) is 24.7. The van der Waals surface area contributed by atoms with Gasteiger partial charge in [0.1, 0.15) is 24.4 Å². The highest BCUT2D eigenvalue weighted by Crippen LogP contribution is 2.22. The summed E-state index contributed by atoms with van der Waals surface area (Å²) in [7, 11) is 1.52. The van der Waals surface area contributed by atoms with Gasteiger partial charge < -0.3 is 30.7 Å². The molecule has 0 bridgehead atoms. The number of fused-ring (bicyclic) bond motifs is 1. The molecule has 41 heavy (non-hydrogen) atoms. The molecule has 0 radical (unpaired) electrons. The van der Waals surface area contributed by atoms with Crippen molar-refractivity contribution < 1.29 is 24.2 Å². The van der Waals surface area contributed by atoms with E-state index in [1.54, 1.807) is 0 Å². The number of rotatable bonds is 5.